The van der Waals surface area contributed by atoms with Gasteiger partial charge in [-0.3, -0.25) is 4.79 Å². The van der Waals surface area contributed by atoms with Crippen LogP contribution in [-0.4, -0.2) is 63.5 Å². The molecule has 1 aromatic carbocycles. The van der Waals surface area contributed by atoms with Crippen molar-refractivity contribution in [2.24, 2.45) is 0 Å². The van der Waals surface area contributed by atoms with Gasteiger partial charge in [-0.15, -0.1) is 0 Å². The molecule has 0 bridgehead atoms. The minimum Gasteiger partial charge on any atom is -0.456 e. The number of aryl methyl sites for hydroxylation is 1. The number of nitrogens with zero attached hydrogens (tertiary/aromatic N) is 2. The molecule has 156 valence electrons. The molecule has 0 radical (unpaired) electrons. The van der Waals surface area contributed by atoms with Crippen molar-refractivity contribution in [2.75, 3.05) is 13.2 Å². The summed E-state index contributed by atoms with van der Waals surface area (Å²) < 4.78 is 17.0. The highest BCUT2D eigenvalue weighted by atomic mass is 35.5. The van der Waals surface area contributed by atoms with Crippen LogP contribution in [0.25, 0.3) is 11.2 Å². The minimum absolute atomic E-state index is 0.0363. The van der Waals surface area contributed by atoms with Gasteiger partial charge in [-0.1, -0.05) is 41.9 Å². The number of H-pyrrole nitrogens is 1. The van der Waals surface area contributed by atoms with Crippen LogP contribution in [0.4, 0.5) is 0 Å². The van der Waals surface area contributed by atoms with E-state index in [2.05, 4.69) is 15.0 Å². The summed E-state index contributed by atoms with van der Waals surface area (Å²) in [5, 5.41) is 10.3. The zero-order chi connectivity index (χ0) is 20.7. The van der Waals surface area contributed by atoms with E-state index in [-0.39, 0.29) is 36.7 Å². The normalized spacial score (nSPS) is 25.5. The van der Waals surface area contributed by atoms with Crippen molar-refractivity contribution in [3.05, 3.63) is 52.7 Å². The molecule has 4 heterocycles. The van der Waals surface area contributed by atoms with Crippen molar-refractivity contribution in [1.82, 2.24) is 15.0 Å². The Labute approximate surface area is 177 Å². The van der Waals surface area contributed by atoms with Crippen LogP contribution in [-0.2, 0) is 15.9 Å². The maximum atomic E-state index is 12.4. The van der Waals surface area contributed by atoms with Crippen molar-refractivity contribution >= 4 is 28.5 Å². The zero-order valence-electron chi connectivity index (χ0n) is 16.0. The Balaban J connectivity index is 1.29. The molecule has 0 saturated carbocycles. The van der Waals surface area contributed by atoms with Crippen LogP contribution < -0.4 is 4.74 Å². The minimum atomic E-state index is -0.638. The number of aromatic nitrogens is 3. The molecule has 2 aromatic heterocycles. The number of nitrogens with one attached hydrogen (secondary N) is 1. The highest BCUT2D eigenvalue weighted by Gasteiger charge is 2.48. The number of carbonyl (C=O) groups is 1. The smallest absolute Gasteiger partial charge is 0.296 e. The van der Waals surface area contributed by atoms with E-state index in [0.717, 1.165) is 0 Å². The molecular formula is C21H20ClN3O5. The molecular weight excluding hydrogens is 410 g/mol. The van der Waals surface area contributed by atoms with E-state index in [1.807, 2.05) is 18.2 Å². The van der Waals surface area contributed by atoms with E-state index in [0.29, 0.717) is 46.9 Å². The number of carbonyl (C=O) groups excluding carboxylic acids is 1. The SMILES string of the molecule is O=C(CCc1nc2nc(O[C@@H]3CO[C@H]4[C@@H]3OC[C@H]4O)[nH]c2cc1Cl)c1ccccc1. The molecule has 3 aromatic rings. The van der Waals surface area contributed by atoms with Gasteiger partial charge in [0.05, 0.1) is 29.4 Å². The van der Waals surface area contributed by atoms with E-state index >= 15 is 0 Å². The van der Waals surface area contributed by atoms with Crippen molar-refractivity contribution in [3.8, 4) is 6.01 Å². The van der Waals surface area contributed by atoms with Gasteiger partial charge in [0.15, 0.2) is 17.5 Å². The molecule has 4 atom stereocenters. The lowest BCUT2D eigenvalue weighted by atomic mass is 10.1. The molecule has 5 rings (SSSR count). The highest BCUT2D eigenvalue weighted by Crippen LogP contribution is 2.30. The second-order valence-electron chi connectivity index (χ2n) is 7.44. The van der Waals surface area contributed by atoms with Crippen LogP contribution in [0.15, 0.2) is 36.4 Å². The van der Waals surface area contributed by atoms with Gasteiger partial charge in [0, 0.05) is 12.0 Å². The largest absolute Gasteiger partial charge is 0.456 e. The molecule has 0 unspecified atom stereocenters. The van der Waals surface area contributed by atoms with Gasteiger partial charge < -0.3 is 24.3 Å². The first-order valence-corrected chi connectivity index (χ1v) is 10.2. The van der Waals surface area contributed by atoms with Crippen molar-refractivity contribution < 1.29 is 24.1 Å². The fourth-order valence-corrected chi connectivity index (χ4v) is 4.10. The van der Waals surface area contributed by atoms with Crippen LogP contribution in [0.3, 0.4) is 0 Å². The maximum Gasteiger partial charge on any atom is 0.296 e. The Morgan fingerprint density at radius 3 is 2.83 bits per heavy atom. The Morgan fingerprint density at radius 2 is 2.00 bits per heavy atom. The van der Waals surface area contributed by atoms with Crippen molar-refractivity contribution in [3.63, 3.8) is 0 Å². The molecule has 30 heavy (non-hydrogen) atoms. The first kappa shape index (κ1) is 19.4. The predicted octanol–water partition coefficient (Wildman–Crippen LogP) is 2.33. The van der Waals surface area contributed by atoms with E-state index < -0.39 is 6.10 Å². The molecule has 0 amide bonds. The van der Waals surface area contributed by atoms with Crippen LogP contribution in [0, 0.1) is 0 Å². The second kappa shape index (κ2) is 7.96. The first-order chi connectivity index (χ1) is 14.6. The third-order valence-electron chi connectivity index (χ3n) is 5.41. The third kappa shape index (κ3) is 3.67. The van der Waals surface area contributed by atoms with E-state index in [4.69, 9.17) is 25.8 Å². The number of halogens is 1. The summed E-state index contributed by atoms with van der Waals surface area (Å²) in [6, 6.07) is 11.2. The molecule has 0 aliphatic carbocycles. The number of hydrogen-bond acceptors (Lipinski definition) is 7. The topological polar surface area (TPSA) is 107 Å². The van der Waals surface area contributed by atoms with Gasteiger partial charge in [-0.05, 0) is 12.5 Å². The molecule has 2 saturated heterocycles. The number of pyridine rings is 1. The summed E-state index contributed by atoms with van der Waals surface area (Å²) in [5.74, 6) is 0.0363. The molecule has 2 aliphatic heterocycles. The summed E-state index contributed by atoms with van der Waals surface area (Å²) in [6.07, 6.45) is -0.993. The number of hydrogen-bond donors (Lipinski definition) is 2. The summed E-state index contributed by atoms with van der Waals surface area (Å²) in [5.41, 5.74) is 2.37. The highest BCUT2D eigenvalue weighted by molar-refractivity contribution is 6.31. The van der Waals surface area contributed by atoms with Crippen molar-refractivity contribution in [1.29, 1.82) is 0 Å². The van der Waals surface area contributed by atoms with E-state index in [1.54, 1.807) is 18.2 Å². The zero-order valence-corrected chi connectivity index (χ0v) is 16.7. The average molecular weight is 430 g/mol. The number of fused-ring (bicyclic) bond motifs is 2. The van der Waals surface area contributed by atoms with E-state index in [9.17, 15) is 9.90 Å². The Morgan fingerprint density at radius 1 is 1.20 bits per heavy atom. The number of benzene rings is 1. The number of imidazole rings is 1. The average Bonchev–Trinajstić information content (AvgIpc) is 3.44. The number of aromatic amines is 1. The van der Waals surface area contributed by atoms with Gasteiger partial charge in [0.2, 0.25) is 0 Å². The van der Waals surface area contributed by atoms with Crippen LogP contribution in [0.1, 0.15) is 22.5 Å². The molecule has 8 nitrogen and oxygen atoms in total. The summed E-state index contributed by atoms with van der Waals surface area (Å²) in [7, 11) is 0. The number of aliphatic hydroxyl groups excluding tert-OH is 1. The molecule has 0 spiro atoms. The quantitative estimate of drug-likeness (QED) is 0.579. The standard InChI is InChI=1S/C21H20ClN3O5/c22-12-8-14-20(23-13(12)6-7-15(26)11-4-2-1-3-5-11)25-21(24-14)30-17-10-29-18-16(27)9-28-19(17)18/h1-5,8,16-19,27H,6-7,9-10H2,(H,23,24,25)/t16-,17-,18-,19-/m1/s1. The van der Waals surface area contributed by atoms with Gasteiger partial charge >= 0.3 is 0 Å². The molecule has 9 heteroatoms. The number of Topliss-reactive ketones (excluding diaryl/α,β-unsaturated/α-hetero) is 1. The summed E-state index contributed by atoms with van der Waals surface area (Å²) in [6.45, 7) is 0.544. The number of rotatable bonds is 6. The maximum absolute atomic E-state index is 12.4. The van der Waals surface area contributed by atoms with Gasteiger partial charge in [0.1, 0.15) is 18.3 Å². The van der Waals surface area contributed by atoms with Gasteiger partial charge in [-0.2, -0.15) is 4.98 Å². The lowest BCUT2D eigenvalue weighted by Crippen LogP contribution is -2.34. The fourth-order valence-electron chi connectivity index (χ4n) is 3.85. The first-order valence-electron chi connectivity index (χ1n) is 9.80. The number of ether oxygens (including phenoxy) is 3. The van der Waals surface area contributed by atoms with Gasteiger partial charge in [0.25, 0.3) is 6.01 Å². The Hall–Kier alpha value is -2.52. The molecule has 2 N–H and O–H groups in total. The van der Waals surface area contributed by atoms with Crippen molar-refractivity contribution in [2.45, 2.75) is 37.3 Å². The van der Waals surface area contributed by atoms with Crippen LogP contribution >= 0.6 is 11.6 Å². The Kier molecular flexibility index (Phi) is 5.16. The van der Waals surface area contributed by atoms with Crippen LogP contribution in [0.5, 0.6) is 6.01 Å². The van der Waals surface area contributed by atoms with Gasteiger partial charge in [-0.25, -0.2) is 4.98 Å². The summed E-state index contributed by atoms with van der Waals surface area (Å²) >= 11 is 6.37. The predicted molar refractivity (Wildman–Crippen MR) is 108 cm³/mol. The van der Waals surface area contributed by atoms with Crippen LogP contribution in [0.2, 0.25) is 5.02 Å². The van der Waals surface area contributed by atoms with E-state index in [1.165, 1.54) is 0 Å². The fraction of sp³-hybridized carbons (Fsp3) is 0.381. The second-order valence-corrected chi connectivity index (χ2v) is 7.85. The molecule has 2 fully saturated rings. The Bertz CT molecular complexity index is 1070. The monoisotopic (exact) mass is 429 g/mol. The number of ketones is 1. The lowest BCUT2D eigenvalue weighted by molar-refractivity contribution is 0.00706. The third-order valence-corrected chi connectivity index (χ3v) is 5.73. The number of aliphatic hydroxyl groups is 1. The lowest BCUT2D eigenvalue weighted by Gasteiger charge is -2.15. The molecule has 2 aliphatic rings. The summed E-state index contributed by atoms with van der Waals surface area (Å²) in [4.78, 5) is 24.3.